The summed E-state index contributed by atoms with van der Waals surface area (Å²) in [7, 11) is 0. The number of aromatic nitrogens is 2. The first-order valence-corrected chi connectivity index (χ1v) is 7.15. The highest BCUT2D eigenvalue weighted by Gasteiger charge is 2.07. The maximum atomic E-state index is 8.83. The van der Waals surface area contributed by atoms with Crippen LogP contribution in [0.2, 0.25) is 0 Å². The maximum Gasteiger partial charge on any atom is 0.0645 e. The molecule has 0 radical (unpaired) electrons. The van der Waals surface area contributed by atoms with Crippen LogP contribution in [0.25, 0.3) is 5.69 Å². The largest absolute Gasteiger partial charge is 0.396 e. The minimum atomic E-state index is 0.261. The van der Waals surface area contributed by atoms with Gasteiger partial charge in [0, 0.05) is 31.0 Å². The highest BCUT2D eigenvalue weighted by Crippen LogP contribution is 2.12. The number of nitrogens with zero attached hydrogens (tertiary/aromatic N) is 2. The summed E-state index contributed by atoms with van der Waals surface area (Å²) >= 11 is 0. The maximum absolute atomic E-state index is 8.83. The monoisotopic (exact) mass is 273 g/mol. The van der Waals surface area contributed by atoms with Crippen molar-refractivity contribution >= 4 is 0 Å². The second-order valence-electron chi connectivity index (χ2n) is 5.17. The summed E-state index contributed by atoms with van der Waals surface area (Å²) in [6, 6.07) is 10.5. The van der Waals surface area contributed by atoms with Gasteiger partial charge in [-0.15, -0.1) is 0 Å². The molecule has 1 heterocycles. The van der Waals surface area contributed by atoms with Gasteiger partial charge in [0.2, 0.25) is 0 Å². The molecule has 1 aromatic heterocycles. The van der Waals surface area contributed by atoms with Crippen LogP contribution in [-0.4, -0.2) is 27.5 Å². The fourth-order valence-corrected chi connectivity index (χ4v) is 2.17. The van der Waals surface area contributed by atoms with E-state index >= 15 is 0 Å². The van der Waals surface area contributed by atoms with Crippen molar-refractivity contribution < 1.29 is 5.11 Å². The Hall–Kier alpha value is -1.65. The number of hydrogen-bond acceptors (Lipinski definition) is 3. The van der Waals surface area contributed by atoms with E-state index in [2.05, 4.69) is 23.5 Å². The molecule has 4 nitrogen and oxygen atoms in total. The minimum absolute atomic E-state index is 0.261. The smallest absolute Gasteiger partial charge is 0.0645 e. The first-order chi connectivity index (χ1) is 9.70. The molecule has 1 unspecified atom stereocenters. The lowest BCUT2D eigenvalue weighted by molar-refractivity contribution is 0.276. The first kappa shape index (κ1) is 14.8. The topological polar surface area (TPSA) is 50.1 Å². The van der Waals surface area contributed by atoms with E-state index < -0.39 is 0 Å². The van der Waals surface area contributed by atoms with Gasteiger partial charge in [-0.3, -0.25) is 0 Å². The lowest BCUT2D eigenvalue weighted by Gasteiger charge is -2.12. The van der Waals surface area contributed by atoms with Crippen LogP contribution in [0.15, 0.2) is 36.5 Å². The Morgan fingerprint density at radius 2 is 2.05 bits per heavy atom. The Labute approximate surface area is 120 Å². The van der Waals surface area contributed by atoms with Gasteiger partial charge in [-0.25, -0.2) is 4.68 Å². The fraction of sp³-hybridized carbons (Fsp3) is 0.438. The van der Waals surface area contributed by atoms with Crippen LogP contribution in [0, 0.1) is 6.92 Å². The molecular formula is C16H23N3O. The molecule has 0 saturated heterocycles. The average Bonchev–Trinajstić information content (AvgIpc) is 2.85. The Bertz CT molecular complexity index is 522. The highest BCUT2D eigenvalue weighted by atomic mass is 16.2. The zero-order chi connectivity index (χ0) is 14.4. The van der Waals surface area contributed by atoms with Crippen molar-refractivity contribution in [3.05, 3.63) is 47.8 Å². The number of aliphatic hydroxyl groups is 1. The molecule has 1 atom stereocenters. The molecule has 0 aliphatic carbocycles. The summed E-state index contributed by atoms with van der Waals surface area (Å²) in [5.41, 5.74) is 3.34. The molecule has 0 aliphatic heterocycles. The van der Waals surface area contributed by atoms with Gasteiger partial charge in [0.15, 0.2) is 0 Å². The Balaban J connectivity index is 1.98. The lowest BCUT2D eigenvalue weighted by atomic mass is 10.1. The zero-order valence-corrected chi connectivity index (χ0v) is 12.2. The molecule has 0 aliphatic rings. The van der Waals surface area contributed by atoms with E-state index in [4.69, 9.17) is 5.11 Å². The summed E-state index contributed by atoms with van der Waals surface area (Å²) in [5.74, 6) is 0. The predicted molar refractivity (Wildman–Crippen MR) is 80.9 cm³/mol. The Kier molecular flexibility index (Phi) is 5.32. The van der Waals surface area contributed by atoms with Crippen molar-refractivity contribution in [3.8, 4) is 5.69 Å². The standard InChI is InChI=1S/C16H23N3O/c1-13(7-6-10-20)17-11-15-12-19(18-14(15)2)16-8-4-3-5-9-16/h3-5,8-9,12-13,17,20H,6-7,10-11H2,1-2H3. The van der Waals surface area contributed by atoms with Crippen molar-refractivity contribution in [3.63, 3.8) is 0 Å². The highest BCUT2D eigenvalue weighted by molar-refractivity contribution is 5.32. The van der Waals surface area contributed by atoms with Crippen molar-refractivity contribution in [2.45, 2.75) is 39.3 Å². The zero-order valence-electron chi connectivity index (χ0n) is 12.2. The molecule has 0 fully saturated rings. The number of nitrogens with one attached hydrogen (secondary N) is 1. The van der Waals surface area contributed by atoms with E-state index in [1.54, 1.807) is 0 Å². The number of aryl methyl sites for hydroxylation is 1. The number of para-hydroxylation sites is 1. The summed E-state index contributed by atoms with van der Waals surface area (Å²) in [5, 5.41) is 16.9. The SMILES string of the molecule is Cc1nn(-c2ccccc2)cc1CNC(C)CCCO. The molecule has 1 aromatic carbocycles. The molecule has 20 heavy (non-hydrogen) atoms. The first-order valence-electron chi connectivity index (χ1n) is 7.15. The number of aliphatic hydroxyl groups excluding tert-OH is 1. The molecular weight excluding hydrogens is 250 g/mol. The molecule has 108 valence electrons. The van der Waals surface area contributed by atoms with Gasteiger partial charge in [-0.1, -0.05) is 18.2 Å². The van der Waals surface area contributed by atoms with E-state index in [0.717, 1.165) is 30.8 Å². The lowest BCUT2D eigenvalue weighted by Crippen LogP contribution is -2.25. The van der Waals surface area contributed by atoms with Crippen LogP contribution in [0.4, 0.5) is 0 Å². The van der Waals surface area contributed by atoms with E-state index in [0.29, 0.717) is 6.04 Å². The summed E-state index contributed by atoms with van der Waals surface area (Å²) in [6.07, 6.45) is 3.91. The van der Waals surface area contributed by atoms with Gasteiger partial charge in [0.05, 0.1) is 11.4 Å². The average molecular weight is 273 g/mol. The molecule has 4 heteroatoms. The van der Waals surface area contributed by atoms with E-state index in [9.17, 15) is 0 Å². The fourth-order valence-electron chi connectivity index (χ4n) is 2.17. The third-order valence-corrected chi connectivity index (χ3v) is 3.46. The quantitative estimate of drug-likeness (QED) is 0.814. The normalized spacial score (nSPS) is 12.6. The molecule has 2 aromatic rings. The number of hydrogen-bond donors (Lipinski definition) is 2. The second-order valence-corrected chi connectivity index (χ2v) is 5.17. The third-order valence-electron chi connectivity index (χ3n) is 3.46. The molecule has 0 amide bonds. The van der Waals surface area contributed by atoms with Crippen LogP contribution in [0.5, 0.6) is 0 Å². The predicted octanol–water partition coefficient (Wildman–Crippen LogP) is 2.43. The van der Waals surface area contributed by atoms with Crippen molar-refractivity contribution in [1.29, 1.82) is 0 Å². The van der Waals surface area contributed by atoms with Crippen LogP contribution in [-0.2, 0) is 6.54 Å². The minimum Gasteiger partial charge on any atom is -0.396 e. The summed E-state index contributed by atoms with van der Waals surface area (Å²) in [6.45, 7) is 5.25. The Morgan fingerprint density at radius 1 is 1.30 bits per heavy atom. The molecule has 0 saturated carbocycles. The number of benzene rings is 1. The molecule has 0 bridgehead atoms. The van der Waals surface area contributed by atoms with E-state index in [-0.39, 0.29) is 6.61 Å². The van der Waals surface area contributed by atoms with Gasteiger partial charge in [0.25, 0.3) is 0 Å². The van der Waals surface area contributed by atoms with Gasteiger partial charge in [-0.2, -0.15) is 5.10 Å². The van der Waals surface area contributed by atoms with Crippen LogP contribution in [0.1, 0.15) is 31.0 Å². The second kappa shape index (κ2) is 7.22. The van der Waals surface area contributed by atoms with Crippen LogP contribution >= 0.6 is 0 Å². The summed E-state index contributed by atoms with van der Waals surface area (Å²) in [4.78, 5) is 0. The van der Waals surface area contributed by atoms with Crippen LogP contribution < -0.4 is 5.32 Å². The van der Waals surface area contributed by atoms with Gasteiger partial charge >= 0.3 is 0 Å². The van der Waals surface area contributed by atoms with Crippen molar-refractivity contribution in [2.75, 3.05) is 6.61 Å². The molecule has 0 spiro atoms. The van der Waals surface area contributed by atoms with Crippen molar-refractivity contribution in [2.24, 2.45) is 0 Å². The van der Waals surface area contributed by atoms with E-state index in [1.807, 2.05) is 41.9 Å². The van der Waals surface area contributed by atoms with Gasteiger partial charge in [-0.05, 0) is 38.8 Å². The van der Waals surface area contributed by atoms with Crippen molar-refractivity contribution in [1.82, 2.24) is 15.1 Å². The van der Waals surface area contributed by atoms with E-state index in [1.165, 1.54) is 5.56 Å². The number of rotatable bonds is 7. The molecule has 2 rings (SSSR count). The van der Waals surface area contributed by atoms with Gasteiger partial charge in [0.1, 0.15) is 0 Å². The molecule has 2 N–H and O–H groups in total. The summed E-state index contributed by atoms with van der Waals surface area (Å²) < 4.78 is 1.92. The van der Waals surface area contributed by atoms with Crippen LogP contribution in [0.3, 0.4) is 0 Å². The Morgan fingerprint density at radius 3 is 2.75 bits per heavy atom. The third kappa shape index (κ3) is 3.92. The van der Waals surface area contributed by atoms with Gasteiger partial charge < -0.3 is 10.4 Å².